The van der Waals surface area contributed by atoms with Gasteiger partial charge in [0.1, 0.15) is 0 Å². The number of nitrogens with one attached hydrogen (secondary N) is 1. The lowest BCUT2D eigenvalue weighted by Gasteiger charge is -2.36. The van der Waals surface area contributed by atoms with E-state index in [4.69, 9.17) is 21.4 Å². The van der Waals surface area contributed by atoms with Crippen molar-refractivity contribution in [2.24, 2.45) is 0 Å². The normalized spacial score (nSPS) is 17.6. The van der Waals surface area contributed by atoms with Crippen molar-refractivity contribution >= 4 is 53.2 Å². The first-order valence-corrected chi connectivity index (χ1v) is 8.09. The molecule has 1 saturated carbocycles. The lowest BCUT2D eigenvalue weighted by Crippen LogP contribution is -2.50. The molecule has 1 aromatic carbocycles. The Morgan fingerprint density at radius 3 is 2.42 bits per heavy atom. The number of anilines is 1. The fourth-order valence-corrected chi connectivity index (χ4v) is 3.81. The zero-order valence-electron chi connectivity index (χ0n) is 10.8. The Morgan fingerprint density at radius 1 is 1.16 bits per heavy atom. The van der Waals surface area contributed by atoms with Gasteiger partial charge in [0, 0.05) is 20.7 Å². The average molecular weight is 382 g/mol. The third-order valence-corrected chi connectivity index (χ3v) is 4.70. The van der Waals surface area contributed by atoms with E-state index in [2.05, 4.69) is 37.2 Å². The van der Waals surface area contributed by atoms with Gasteiger partial charge in [-0.1, -0.05) is 35.2 Å². The number of nitrogens with two attached hydrogens (primary N) is 1. The van der Waals surface area contributed by atoms with Crippen molar-refractivity contribution in [1.29, 1.82) is 0 Å². The highest BCUT2D eigenvalue weighted by Gasteiger charge is 2.27. The maximum absolute atomic E-state index is 6.25. The number of hydrogen-bond acceptors (Lipinski definition) is 2. The molecule has 2 nitrogen and oxygen atoms in total. The maximum Gasteiger partial charge on any atom is 0.0885 e. The quantitative estimate of drug-likeness (QED) is 0.623. The molecular formula is C13H16B2Br2N2. The van der Waals surface area contributed by atoms with Crippen LogP contribution in [0.2, 0.25) is 0 Å². The first kappa shape index (κ1) is 15.5. The zero-order valence-corrected chi connectivity index (χ0v) is 13.9. The molecule has 0 bridgehead atoms. The van der Waals surface area contributed by atoms with E-state index in [1.54, 1.807) is 0 Å². The second-order valence-electron chi connectivity index (χ2n) is 5.20. The molecule has 6 heteroatoms. The van der Waals surface area contributed by atoms with Crippen LogP contribution >= 0.6 is 31.9 Å². The minimum atomic E-state index is -1.11. The number of rotatable bonds is 3. The molecule has 2 rings (SSSR count). The van der Waals surface area contributed by atoms with Crippen molar-refractivity contribution < 1.29 is 0 Å². The van der Waals surface area contributed by atoms with Crippen LogP contribution in [0, 0.1) is 0 Å². The Bertz CT molecular complexity index is 460. The van der Waals surface area contributed by atoms with E-state index in [1.165, 1.54) is 19.3 Å². The van der Waals surface area contributed by atoms with Gasteiger partial charge in [-0.25, -0.2) is 0 Å². The van der Waals surface area contributed by atoms with Crippen molar-refractivity contribution in [3.05, 3.63) is 26.6 Å². The summed E-state index contributed by atoms with van der Waals surface area (Å²) >= 11 is 6.86. The van der Waals surface area contributed by atoms with E-state index in [-0.39, 0.29) is 0 Å². The lowest BCUT2D eigenvalue weighted by molar-refractivity contribution is 0.354. The van der Waals surface area contributed by atoms with Crippen LogP contribution < -0.4 is 11.1 Å². The predicted molar refractivity (Wildman–Crippen MR) is 89.4 cm³/mol. The molecule has 4 radical (unpaired) electrons. The van der Waals surface area contributed by atoms with E-state index >= 15 is 0 Å². The summed E-state index contributed by atoms with van der Waals surface area (Å²) in [6, 6.07) is 4.12. The highest BCUT2D eigenvalue weighted by Crippen LogP contribution is 2.33. The van der Waals surface area contributed by atoms with E-state index in [0.717, 1.165) is 21.8 Å². The fourth-order valence-electron chi connectivity index (χ4n) is 2.59. The van der Waals surface area contributed by atoms with Gasteiger partial charge >= 0.3 is 0 Å². The minimum Gasteiger partial charge on any atom is -0.398 e. The molecular weight excluding hydrogens is 366 g/mol. The number of nitrogen functional groups attached to an aromatic ring is 1. The summed E-state index contributed by atoms with van der Waals surface area (Å²) in [4.78, 5) is 0. The molecule has 0 unspecified atom stereocenters. The molecule has 0 atom stereocenters. The summed E-state index contributed by atoms with van der Waals surface area (Å²) in [6.07, 6.45) is 5.98. The minimum absolute atomic E-state index is 0.362. The largest absolute Gasteiger partial charge is 0.398 e. The van der Waals surface area contributed by atoms with Crippen molar-refractivity contribution in [1.82, 2.24) is 5.32 Å². The summed E-state index contributed by atoms with van der Waals surface area (Å²) in [7, 11) is 12.5. The van der Waals surface area contributed by atoms with Gasteiger partial charge in [0.2, 0.25) is 0 Å². The van der Waals surface area contributed by atoms with Gasteiger partial charge in [-0.2, -0.15) is 0 Å². The third-order valence-electron chi connectivity index (χ3n) is 3.59. The van der Waals surface area contributed by atoms with Crippen LogP contribution in [0.3, 0.4) is 0 Å². The van der Waals surface area contributed by atoms with Gasteiger partial charge in [-0.3, -0.25) is 0 Å². The molecule has 19 heavy (non-hydrogen) atoms. The summed E-state index contributed by atoms with van der Waals surface area (Å²) < 4.78 is 1.69. The molecule has 1 aliphatic rings. The Labute approximate surface area is 134 Å². The monoisotopic (exact) mass is 380 g/mol. The third kappa shape index (κ3) is 3.79. The van der Waals surface area contributed by atoms with Crippen LogP contribution in [0.1, 0.15) is 37.7 Å². The van der Waals surface area contributed by atoms with Crippen LogP contribution in [0.15, 0.2) is 21.1 Å². The smallest absolute Gasteiger partial charge is 0.0885 e. The number of halogens is 2. The molecule has 1 aromatic rings. The SMILES string of the molecule is [B]C([B])(NC1CCCCC1)c1cc(Br)cc(Br)c1N. The highest BCUT2D eigenvalue weighted by atomic mass is 79.9. The summed E-state index contributed by atoms with van der Waals surface area (Å²) in [5.74, 6) is 0. The van der Waals surface area contributed by atoms with Crippen molar-refractivity contribution in [3.8, 4) is 0 Å². The molecule has 0 heterocycles. The van der Waals surface area contributed by atoms with Crippen molar-refractivity contribution in [2.75, 3.05) is 5.73 Å². The van der Waals surface area contributed by atoms with Crippen molar-refractivity contribution in [3.63, 3.8) is 0 Å². The molecule has 0 saturated heterocycles. The molecule has 0 spiro atoms. The molecule has 98 valence electrons. The Hall–Kier alpha value is 0.0699. The Morgan fingerprint density at radius 2 is 1.79 bits per heavy atom. The van der Waals surface area contributed by atoms with Crippen LogP contribution in [0.4, 0.5) is 5.69 Å². The van der Waals surface area contributed by atoms with E-state index in [0.29, 0.717) is 17.3 Å². The van der Waals surface area contributed by atoms with Gasteiger partial charge in [0.25, 0.3) is 0 Å². The molecule has 0 amide bonds. The van der Waals surface area contributed by atoms with Crippen LogP contribution in [-0.4, -0.2) is 21.7 Å². The average Bonchev–Trinajstić information content (AvgIpc) is 2.34. The molecule has 1 fully saturated rings. The summed E-state index contributed by atoms with van der Waals surface area (Å²) in [6.45, 7) is 0. The maximum atomic E-state index is 6.25. The van der Waals surface area contributed by atoms with Gasteiger partial charge in [-0.15, -0.1) is 0 Å². The molecule has 3 N–H and O–H groups in total. The second-order valence-corrected chi connectivity index (χ2v) is 6.97. The predicted octanol–water partition coefficient (Wildman–Crippen LogP) is 3.16. The first-order chi connectivity index (χ1) is 8.90. The highest BCUT2D eigenvalue weighted by molar-refractivity contribution is 9.11. The Kier molecular flexibility index (Phi) is 5.07. The molecule has 0 aromatic heterocycles. The molecule has 1 aliphatic carbocycles. The standard InChI is InChI=1S/C13H16B2Br2N2/c14-13(15,19-9-4-2-1-3-5-9)10-6-8(16)7-11(17)12(10)18/h6-7,9,19H,1-5,18H2. The van der Waals surface area contributed by atoms with E-state index < -0.39 is 5.34 Å². The Balaban J connectivity index is 2.22. The topological polar surface area (TPSA) is 38.0 Å². The van der Waals surface area contributed by atoms with Crippen LogP contribution in [-0.2, 0) is 5.34 Å². The first-order valence-electron chi connectivity index (χ1n) is 6.50. The van der Waals surface area contributed by atoms with E-state index in [1.807, 2.05) is 12.1 Å². The van der Waals surface area contributed by atoms with Crippen LogP contribution in [0.5, 0.6) is 0 Å². The van der Waals surface area contributed by atoms with Gasteiger partial charge in [0.05, 0.1) is 15.7 Å². The lowest BCUT2D eigenvalue weighted by atomic mass is 9.57. The fraction of sp³-hybridized carbons (Fsp3) is 0.538. The molecule has 0 aliphatic heterocycles. The second kappa shape index (κ2) is 6.23. The zero-order chi connectivity index (χ0) is 14.0. The van der Waals surface area contributed by atoms with Gasteiger partial charge in [0.15, 0.2) is 0 Å². The summed E-state index contributed by atoms with van der Waals surface area (Å²) in [5.41, 5.74) is 7.36. The number of benzene rings is 1. The number of hydrogen-bond donors (Lipinski definition) is 2. The van der Waals surface area contributed by atoms with E-state index in [9.17, 15) is 0 Å². The van der Waals surface area contributed by atoms with Gasteiger partial charge < -0.3 is 11.1 Å². The summed E-state index contributed by atoms with van der Waals surface area (Å²) in [5, 5.41) is 2.23. The van der Waals surface area contributed by atoms with Gasteiger partial charge in [-0.05, 0) is 51.8 Å². The van der Waals surface area contributed by atoms with Crippen molar-refractivity contribution in [2.45, 2.75) is 43.5 Å². The van der Waals surface area contributed by atoms with Crippen LogP contribution in [0.25, 0.3) is 0 Å².